The first kappa shape index (κ1) is 18.2. The molecule has 0 amide bonds. The third-order valence-corrected chi connectivity index (χ3v) is 3.96. The summed E-state index contributed by atoms with van der Waals surface area (Å²) >= 11 is 0. The monoisotopic (exact) mass is 327 g/mol. The fourth-order valence-corrected chi connectivity index (χ4v) is 2.54. The lowest BCUT2D eigenvalue weighted by molar-refractivity contribution is 0.0709. The number of ketones is 1. The first-order valence-electron chi connectivity index (χ1n) is 8.37. The standard InChI is InChI=1S/C20H25NO3/c1-3-21(4-2)14-17(22)15-24-19-13-9-8-12-18(19)20(23)16-10-6-5-7-11-16/h5-13,17,22H,3-4,14-15H2,1-2H3/t17-/m1/s1. The highest BCUT2D eigenvalue weighted by Crippen LogP contribution is 2.21. The zero-order valence-electron chi connectivity index (χ0n) is 14.3. The average molecular weight is 327 g/mol. The summed E-state index contributed by atoms with van der Waals surface area (Å²) in [6.07, 6.45) is -0.593. The maximum atomic E-state index is 12.6. The normalized spacial score (nSPS) is 12.2. The van der Waals surface area contributed by atoms with Crippen molar-refractivity contribution >= 4 is 5.78 Å². The lowest BCUT2D eigenvalue weighted by atomic mass is 10.0. The fraction of sp³-hybridized carbons (Fsp3) is 0.350. The summed E-state index contributed by atoms with van der Waals surface area (Å²) in [4.78, 5) is 14.8. The van der Waals surface area contributed by atoms with E-state index in [4.69, 9.17) is 4.74 Å². The molecule has 1 N–H and O–H groups in total. The van der Waals surface area contributed by atoms with Crippen LogP contribution in [-0.2, 0) is 0 Å². The smallest absolute Gasteiger partial charge is 0.196 e. The molecule has 128 valence electrons. The highest BCUT2D eigenvalue weighted by Gasteiger charge is 2.16. The molecule has 24 heavy (non-hydrogen) atoms. The van der Waals surface area contributed by atoms with Crippen LogP contribution in [0.15, 0.2) is 54.6 Å². The molecule has 2 rings (SSSR count). The van der Waals surface area contributed by atoms with E-state index in [1.807, 2.05) is 30.3 Å². The molecular weight excluding hydrogens is 302 g/mol. The molecular formula is C20H25NO3. The van der Waals surface area contributed by atoms with Crippen LogP contribution < -0.4 is 4.74 Å². The fourth-order valence-electron chi connectivity index (χ4n) is 2.54. The molecule has 0 unspecified atom stereocenters. The lowest BCUT2D eigenvalue weighted by Gasteiger charge is -2.22. The molecule has 4 heteroatoms. The Morgan fingerprint density at radius 2 is 1.67 bits per heavy atom. The van der Waals surface area contributed by atoms with Gasteiger partial charge in [-0.05, 0) is 25.2 Å². The highest BCUT2D eigenvalue weighted by molar-refractivity contribution is 6.10. The maximum absolute atomic E-state index is 12.6. The summed E-state index contributed by atoms with van der Waals surface area (Å²) in [5, 5.41) is 10.1. The largest absolute Gasteiger partial charge is 0.490 e. The van der Waals surface area contributed by atoms with Gasteiger partial charge in [-0.3, -0.25) is 4.79 Å². The zero-order chi connectivity index (χ0) is 17.4. The molecule has 0 saturated carbocycles. The Morgan fingerprint density at radius 3 is 2.33 bits per heavy atom. The van der Waals surface area contributed by atoms with Gasteiger partial charge in [0.2, 0.25) is 0 Å². The molecule has 0 spiro atoms. The third-order valence-electron chi connectivity index (χ3n) is 3.96. The van der Waals surface area contributed by atoms with Crippen molar-refractivity contribution < 1.29 is 14.6 Å². The number of benzene rings is 2. The van der Waals surface area contributed by atoms with Crippen molar-refractivity contribution in [2.75, 3.05) is 26.2 Å². The van der Waals surface area contributed by atoms with Crippen molar-refractivity contribution in [2.24, 2.45) is 0 Å². The number of carbonyl (C=O) groups excluding carboxylic acids is 1. The van der Waals surface area contributed by atoms with Gasteiger partial charge >= 0.3 is 0 Å². The van der Waals surface area contributed by atoms with Gasteiger partial charge in [0.05, 0.1) is 5.56 Å². The van der Waals surface area contributed by atoms with Crippen LogP contribution in [0.2, 0.25) is 0 Å². The van der Waals surface area contributed by atoms with Crippen molar-refractivity contribution in [3.8, 4) is 5.75 Å². The summed E-state index contributed by atoms with van der Waals surface area (Å²) < 4.78 is 5.73. The number of hydrogen-bond donors (Lipinski definition) is 1. The third kappa shape index (κ3) is 4.91. The average Bonchev–Trinajstić information content (AvgIpc) is 2.64. The number of aliphatic hydroxyl groups excluding tert-OH is 1. The first-order chi connectivity index (χ1) is 11.7. The number of rotatable bonds is 9. The van der Waals surface area contributed by atoms with Crippen LogP contribution in [0.1, 0.15) is 29.8 Å². The Labute approximate surface area is 143 Å². The molecule has 1 atom stereocenters. The molecule has 0 fully saturated rings. The van der Waals surface area contributed by atoms with E-state index in [1.165, 1.54) is 0 Å². The van der Waals surface area contributed by atoms with Crippen LogP contribution in [0.25, 0.3) is 0 Å². The van der Waals surface area contributed by atoms with E-state index in [0.29, 0.717) is 23.4 Å². The molecule has 0 aliphatic rings. The second kappa shape index (κ2) is 9.21. The minimum Gasteiger partial charge on any atom is -0.490 e. The number of nitrogens with zero attached hydrogens (tertiary/aromatic N) is 1. The minimum atomic E-state index is -0.593. The van der Waals surface area contributed by atoms with Gasteiger partial charge < -0.3 is 14.7 Å². The van der Waals surface area contributed by atoms with Gasteiger partial charge in [0.15, 0.2) is 5.78 Å². The number of likely N-dealkylation sites (N-methyl/N-ethyl adjacent to an activating group) is 1. The number of hydrogen-bond acceptors (Lipinski definition) is 4. The van der Waals surface area contributed by atoms with E-state index in [9.17, 15) is 9.90 Å². The summed E-state index contributed by atoms with van der Waals surface area (Å²) in [7, 11) is 0. The molecule has 0 bridgehead atoms. The van der Waals surface area contributed by atoms with E-state index in [-0.39, 0.29) is 12.4 Å². The van der Waals surface area contributed by atoms with Crippen molar-refractivity contribution in [3.05, 3.63) is 65.7 Å². The number of carbonyl (C=O) groups is 1. The van der Waals surface area contributed by atoms with Crippen molar-refractivity contribution in [1.82, 2.24) is 4.90 Å². The van der Waals surface area contributed by atoms with Gasteiger partial charge in [-0.2, -0.15) is 0 Å². The van der Waals surface area contributed by atoms with E-state index in [0.717, 1.165) is 13.1 Å². The molecule has 0 saturated heterocycles. The molecule has 0 aliphatic carbocycles. The molecule has 0 heterocycles. The van der Waals surface area contributed by atoms with E-state index >= 15 is 0 Å². The van der Waals surface area contributed by atoms with Gasteiger partial charge in [0.1, 0.15) is 18.5 Å². The summed E-state index contributed by atoms with van der Waals surface area (Å²) in [5.74, 6) is 0.425. The Kier molecular flexibility index (Phi) is 6.97. The van der Waals surface area contributed by atoms with Crippen LogP contribution in [-0.4, -0.2) is 48.1 Å². The predicted molar refractivity (Wildman–Crippen MR) is 95.6 cm³/mol. The minimum absolute atomic E-state index is 0.0792. The SMILES string of the molecule is CCN(CC)C[C@@H](O)COc1ccccc1C(=O)c1ccccc1. The Balaban J connectivity index is 2.05. The van der Waals surface area contributed by atoms with Crippen LogP contribution in [0.3, 0.4) is 0 Å². The molecule has 2 aromatic rings. The Bertz CT molecular complexity index is 638. The van der Waals surface area contributed by atoms with Crippen molar-refractivity contribution in [3.63, 3.8) is 0 Å². The number of aliphatic hydroxyl groups is 1. The lowest BCUT2D eigenvalue weighted by Crippen LogP contribution is -2.35. The van der Waals surface area contributed by atoms with Crippen LogP contribution in [0.5, 0.6) is 5.75 Å². The molecule has 4 nitrogen and oxygen atoms in total. The first-order valence-corrected chi connectivity index (χ1v) is 8.37. The van der Waals surface area contributed by atoms with Crippen LogP contribution in [0, 0.1) is 0 Å². The van der Waals surface area contributed by atoms with Gasteiger partial charge in [-0.15, -0.1) is 0 Å². The summed E-state index contributed by atoms with van der Waals surface area (Å²) in [5.41, 5.74) is 1.14. The van der Waals surface area contributed by atoms with Gasteiger partial charge in [-0.25, -0.2) is 0 Å². The molecule has 0 aromatic heterocycles. The summed E-state index contributed by atoms with van der Waals surface area (Å²) in [6.45, 7) is 6.61. The number of para-hydroxylation sites is 1. The molecule has 0 radical (unpaired) electrons. The second-order valence-corrected chi connectivity index (χ2v) is 5.64. The van der Waals surface area contributed by atoms with Gasteiger partial charge in [0, 0.05) is 12.1 Å². The number of ether oxygens (including phenoxy) is 1. The van der Waals surface area contributed by atoms with Crippen molar-refractivity contribution in [2.45, 2.75) is 20.0 Å². The molecule has 0 aliphatic heterocycles. The maximum Gasteiger partial charge on any atom is 0.196 e. The molecule has 2 aromatic carbocycles. The Hall–Kier alpha value is -2.17. The van der Waals surface area contributed by atoms with Crippen LogP contribution in [0.4, 0.5) is 0 Å². The second-order valence-electron chi connectivity index (χ2n) is 5.64. The van der Waals surface area contributed by atoms with Crippen LogP contribution >= 0.6 is 0 Å². The Morgan fingerprint density at radius 1 is 1.04 bits per heavy atom. The van der Waals surface area contributed by atoms with Crippen molar-refractivity contribution in [1.29, 1.82) is 0 Å². The van der Waals surface area contributed by atoms with E-state index < -0.39 is 6.10 Å². The zero-order valence-corrected chi connectivity index (χ0v) is 14.3. The van der Waals surface area contributed by atoms with E-state index in [1.54, 1.807) is 24.3 Å². The highest BCUT2D eigenvalue weighted by atomic mass is 16.5. The van der Waals surface area contributed by atoms with E-state index in [2.05, 4.69) is 18.7 Å². The topological polar surface area (TPSA) is 49.8 Å². The quantitative estimate of drug-likeness (QED) is 0.719. The van der Waals surface area contributed by atoms with Gasteiger partial charge in [0.25, 0.3) is 0 Å². The summed E-state index contributed by atoms with van der Waals surface area (Å²) in [6, 6.07) is 16.3. The predicted octanol–water partition coefficient (Wildman–Crippen LogP) is 3.00. The van der Waals surface area contributed by atoms with Gasteiger partial charge in [-0.1, -0.05) is 56.3 Å².